The van der Waals surface area contributed by atoms with Crippen molar-refractivity contribution in [3.8, 4) is 5.75 Å². The molecule has 0 aliphatic carbocycles. The minimum absolute atomic E-state index is 0.197. The van der Waals surface area contributed by atoms with Crippen molar-refractivity contribution in [2.45, 2.75) is 0 Å². The molecule has 0 bridgehead atoms. The molecule has 0 radical (unpaired) electrons. The van der Waals surface area contributed by atoms with Crippen LogP contribution in [-0.4, -0.2) is 41.2 Å². The molecule has 1 heterocycles. The molecule has 0 spiro atoms. The number of amides is 1. The van der Waals surface area contributed by atoms with E-state index in [1.165, 1.54) is 11.0 Å². The molecule has 0 saturated carbocycles. The van der Waals surface area contributed by atoms with Crippen LogP contribution in [0.25, 0.3) is 0 Å². The molecule has 1 aromatic carbocycles. The number of nitrogen functional groups attached to an aromatic ring is 1. The Balaban J connectivity index is 1.85. The molecule has 2 rings (SSSR count). The Labute approximate surface area is 121 Å². The number of aromatic nitrogens is 2. The molecular formula is C13H15ClN4O2. The smallest absolute Gasteiger partial charge is 0.271 e. The topological polar surface area (TPSA) is 84.2 Å². The average Bonchev–Trinajstić information content (AvgIpc) is 2.86. The lowest BCUT2D eigenvalue weighted by molar-refractivity contribution is 0.0768. The van der Waals surface area contributed by atoms with Crippen molar-refractivity contribution < 1.29 is 9.53 Å². The highest BCUT2D eigenvalue weighted by Gasteiger charge is 2.14. The van der Waals surface area contributed by atoms with Crippen LogP contribution in [0.15, 0.2) is 30.3 Å². The molecule has 0 unspecified atom stereocenters. The van der Waals surface area contributed by atoms with Crippen LogP contribution in [0.5, 0.6) is 5.75 Å². The maximum Gasteiger partial charge on any atom is 0.271 e. The van der Waals surface area contributed by atoms with E-state index in [4.69, 9.17) is 22.1 Å². The second kappa shape index (κ2) is 6.29. The number of ether oxygens (including phenoxy) is 1. The summed E-state index contributed by atoms with van der Waals surface area (Å²) in [7, 11) is 1.68. The number of nitrogens with zero attached hydrogens (tertiary/aromatic N) is 2. The zero-order valence-corrected chi connectivity index (χ0v) is 11.7. The Morgan fingerprint density at radius 2 is 2.25 bits per heavy atom. The molecule has 2 aromatic rings. The third kappa shape index (κ3) is 3.42. The average molecular weight is 295 g/mol. The van der Waals surface area contributed by atoms with Crippen molar-refractivity contribution in [3.63, 3.8) is 0 Å². The fraction of sp³-hybridized carbons (Fsp3) is 0.231. The Kier molecular flexibility index (Phi) is 4.47. The molecule has 0 atom stereocenters. The molecule has 1 amide bonds. The van der Waals surface area contributed by atoms with E-state index in [0.29, 0.717) is 29.6 Å². The SMILES string of the molecule is CN(CCOc1ccccc1Cl)C(=O)c1cc(N)n[nH]1. The quantitative estimate of drug-likeness (QED) is 0.880. The summed E-state index contributed by atoms with van der Waals surface area (Å²) in [5, 5.41) is 6.84. The lowest BCUT2D eigenvalue weighted by atomic mass is 10.3. The summed E-state index contributed by atoms with van der Waals surface area (Å²) in [4.78, 5) is 13.5. The minimum atomic E-state index is -0.197. The monoisotopic (exact) mass is 294 g/mol. The third-order valence-corrected chi connectivity index (χ3v) is 3.01. The number of likely N-dealkylation sites (N-methyl/N-ethyl adjacent to an activating group) is 1. The number of nitrogens with one attached hydrogen (secondary N) is 1. The van der Waals surface area contributed by atoms with Gasteiger partial charge in [0.05, 0.1) is 11.6 Å². The Bertz CT molecular complexity index is 600. The zero-order valence-electron chi connectivity index (χ0n) is 11.0. The van der Waals surface area contributed by atoms with Crippen LogP contribution in [0.1, 0.15) is 10.5 Å². The van der Waals surface area contributed by atoms with E-state index in [2.05, 4.69) is 10.2 Å². The number of H-pyrrole nitrogens is 1. The molecular weight excluding hydrogens is 280 g/mol. The Hall–Kier alpha value is -2.21. The first kappa shape index (κ1) is 14.2. The molecule has 7 heteroatoms. The van der Waals surface area contributed by atoms with Crippen molar-refractivity contribution in [3.05, 3.63) is 41.0 Å². The number of carbonyl (C=O) groups is 1. The van der Waals surface area contributed by atoms with Gasteiger partial charge in [-0.15, -0.1) is 0 Å². The second-order valence-electron chi connectivity index (χ2n) is 4.21. The third-order valence-electron chi connectivity index (χ3n) is 2.70. The lowest BCUT2D eigenvalue weighted by Crippen LogP contribution is -2.31. The van der Waals surface area contributed by atoms with Gasteiger partial charge in [0.25, 0.3) is 5.91 Å². The number of nitrogens with two attached hydrogens (primary N) is 1. The number of benzene rings is 1. The molecule has 0 saturated heterocycles. The number of anilines is 1. The predicted molar refractivity (Wildman–Crippen MR) is 76.9 cm³/mol. The van der Waals surface area contributed by atoms with Gasteiger partial charge in [0.2, 0.25) is 0 Å². The van der Waals surface area contributed by atoms with Crippen molar-refractivity contribution in [1.29, 1.82) is 0 Å². The number of hydrogen-bond acceptors (Lipinski definition) is 4. The molecule has 1 aromatic heterocycles. The van der Waals surface area contributed by atoms with Crippen molar-refractivity contribution in [2.24, 2.45) is 0 Å². The first-order valence-corrected chi connectivity index (χ1v) is 6.39. The van der Waals surface area contributed by atoms with Gasteiger partial charge in [-0.2, -0.15) is 5.10 Å². The van der Waals surface area contributed by atoms with Crippen LogP contribution >= 0.6 is 11.6 Å². The van der Waals surface area contributed by atoms with Crippen LogP contribution in [0.4, 0.5) is 5.82 Å². The fourth-order valence-electron chi connectivity index (χ4n) is 1.61. The highest BCUT2D eigenvalue weighted by atomic mass is 35.5. The van der Waals surface area contributed by atoms with Gasteiger partial charge in [0.1, 0.15) is 23.9 Å². The first-order valence-electron chi connectivity index (χ1n) is 6.01. The number of para-hydroxylation sites is 1. The Morgan fingerprint density at radius 3 is 2.90 bits per heavy atom. The fourth-order valence-corrected chi connectivity index (χ4v) is 1.80. The standard InChI is InChI=1S/C13H15ClN4O2/c1-18(13(19)10-8-12(15)17-16-10)6-7-20-11-5-3-2-4-9(11)14/h2-5,8H,6-7H2,1H3,(H3,15,16,17). The summed E-state index contributed by atoms with van der Waals surface area (Å²) in [5.74, 6) is 0.687. The summed E-state index contributed by atoms with van der Waals surface area (Å²) in [6.07, 6.45) is 0. The highest BCUT2D eigenvalue weighted by Crippen LogP contribution is 2.22. The van der Waals surface area contributed by atoms with Gasteiger partial charge in [-0.05, 0) is 12.1 Å². The molecule has 3 N–H and O–H groups in total. The summed E-state index contributed by atoms with van der Waals surface area (Å²) in [5.41, 5.74) is 5.81. The van der Waals surface area contributed by atoms with Gasteiger partial charge in [0.15, 0.2) is 0 Å². The molecule has 0 aliphatic heterocycles. The maximum atomic E-state index is 12.0. The molecule has 0 aliphatic rings. The largest absolute Gasteiger partial charge is 0.490 e. The maximum absolute atomic E-state index is 12.0. The molecule has 0 fully saturated rings. The molecule has 106 valence electrons. The van der Waals surface area contributed by atoms with Crippen molar-refractivity contribution >= 4 is 23.3 Å². The normalized spacial score (nSPS) is 10.3. The van der Waals surface area contributed by atoms with Gasteiger partial charge >= 0.3 is 0 Å². The number of rotatable bonds is 5. The molecule has 6 nitrogen and oxygen atoms in total. The zero-order chi connectivity index (χ0) is 14.5. The van der Waals surface area contributed by atoms with E-state index in [1.807, 2.05) is 12.1 Å². The van der Waals surface area contributed by atoms with Crippen LogP contribution < -0.4 is 10.5 Å². The first-order chi connectivity index (χ1) is 9.58. The number of carbonyl (C=O) groups excluding carboxylic acids is 1. The van der Waals surface area contributed by atoms with Crippen LogP contribution in [0.3, 0.4) is 0 Å². The van der Waals surface area contributed by atoms with Crippen LogP contribution in [0, 0.1) is 0 Å². The predicted octanol–water partition coefficient (Wildman–Crippen LogP) is 1.80. The summed E-state index contributed by atoms with van der Waals surface area (Å²) in [6.45, 7) is 0.762. The summed E-state index contributed by atoms with van der Waals surface area (Å²) >= 11 is 5.97. The summed E-state index contributed by atoms with van der Waals surface area (Å²) < 4.78 is 5.52. The number of aromatic amines is 1. The van der Waals surface area contributed by atoms with Gasteiger partial charge in [-0.3, -0.25) is 9.89 Å². The van der Waals surface area contributed by atoms with Gasteiger partial charge in [-0.25, -0.2) is 0 Å². The van der Waals surface area contributed by atoms with Crippen LogP contribution in [-0.2, 0) is 0 Å². The van der Waals surface area contributed by atoms with Crippen LogP contribution in [0.2, 0.25) is 5.02 Å². The summed E-state index contributed by atoms with van der Waals surface area (Å²) in [6, 6.07) is 8.68. The van der Waals surface area contributed by atoms with Gasteiger partial charge in [-0.1, -0.05) is 23.7 Å². The van der Waals surface area contributed by atoms with Crippen molar-refractivity contribution in [2.75, 3.05) is 25.9 Å². The number of hydrogen-bond donors (Lipinski definition) is 2. The van der Waals surface area contributed by atoms with Gasteiger partial charge in [0, 0.05) is 13.1 Å². The Morgan fingerprint density at radius 1 is 1.50 bits per heavy atom. The van der Waals surface area contributed by atoms with E-state index in [-0.39, 0.29) is 11.7 Å². The minimum Gasteiger partial charge on any atom is -0.490 e. The van der Waals surface area contributed by atoms with E-state index >= 15 is 0 Å². The van der Waals surface area contributed by atoms with E-state index in [9.17, 15) is 4.79 Å². The lowest BCUT2D eigenvalue weighted by Gasteiger charge is -2.16. The van der Waals surface area contributed by atoms with E-state index < -0.39 is 0 Å². The van der Waals surface area contributed by atoms with E-state index in [1.54, 1.807) is 19.2 Å². The van der Waals surface area contributed by atoms with Gasteiger partial charge < -0.3 is 15.4 Å². The number of halogens is 1. The van der Waals surface area contributed by atoms with Crippen molar-refractivity contribution in [1.82, 2.24) is 15.1 Å². The van der Waals surface area contributed by atoms with E-state index in [0.717, 1.165) is 0 Å². The second-order valence-corrected chi connectivity index (χ2v) is 4.62. The molecule has 20 heavy (non-hydrogen) atoms. The highest BCUT2D eigenvalue weighted by molar-refractivity contribution is 6.32.